The first kappa shape index (κ1) is 13.7. The van der Waals surface area contributed by atoms with E-state index in [-0.39, 0.29) is 0 Å². The number of imidazole rings is 1. The lowest BCUT2D eigenvalue weighted by Crippen LogP contribution is -1.96. The number of aromatic nitrogens is 2. The van der Waals surface area contributed by atoms with Gasteiger partial charge in [0.2, 0.25) is 0 Å². The molecule has 0 aliphatic carbocycles. The lowest BCUT2D eigenvalue weighted by atomic mass is 10.2. The number of aromatic amines is 1. The summed E-state index contributed by atoms with van der Waals surface area (Å²) in [5.74, 6) is 0.732. The van der Waals surface area contributed by atoms with Crippen molar-refractivity contribution in [2.24, 2.45) is 0 Å². The molecule has 2 aromatic carbocycles. The molecule has 0 amide bonds. The molecule has 102 valence electrons. The van der Waals surface area contributed by atoms with E-state index >= 15 is 0 Å². The minimum atomic E-state index is 0.591. The molecule has 0 fully saturated rings. The lowest BCUT2D eigenvalue weighted by Gasteiger charge is -2.09. The Hall–Kier alpha value is -1.30. The van der Waals surface area contributed by atoms with Crippen LogP contribution < -0.4 is 4.74 Å². The topological polar surface area (TPSA) is 29.9 Å². The van der Waals surface area contributed by atoms with Crippen molar-refractivity contribution in [3.8, 4) is 11.4 Å². The molecule has 0 unspecified atom stereocenters. The maximum Gasteiger partial charge on any atom is 0.182 e. The van der Waals surface area contributed by atoms with Gasteiger partial charge in [-0.15, -0.1) is 0 Å². The molecule has 0 spiro atoms. The van der Waals surface area contributed by atoms with Gasteiger partial charge in [-0.2, -0.15) is 0 Å². The molecule has 0 aliphatic heterocycles. The fraction of sp³-hybridized carbons (Fsp3) is 0.0714. The van der Waals surface area contributed by atoms with Gasteiger partial charge in [-0.3, -0.25) is 4.57 Å². The molecule has 1 heterocycles. The minimum Gasteiger partial charge on any atom is -0.497 e. The zero-order valence-corrected chi connectivity index (χ0v) is 13.6. The molecule has 0 bridgehead atoms. The summed E-state index contributed by atoms with van der Waals surface area (Å²) < 4.78 is 8.73. The van der Waals surface area contributed by atoms with E-state index in [0.29, 0.717) is 9.79 Å². The molecule has 0 saturated carbocycles. The molecule has 1 aromatic heterocycles. The van der Waals surface area contributed by atoms with Gasteiger partial charge in [0.15, 0.2) is 4.77 Å². The van der Waals surface area contributed by atoms with Crippen molar-refractivity contribution in [1.29, 1.82) is 0 Å². The first-order valence-corrected chi connectivity index (χ1v) is 7.42. The van der Waals surface area contributed by atoms with Crippen LogP contribution in [-0.2, 0) is 0 Å². The van der Waals surface area contributed by atoms with Gasteiger partial charge < -0.3 is 9.72 Å². The number of ether oxygens (including phenoxy) is 1. The van der Waals surface area contributed by atoms with Crippen LogP contribution >= 0.6 is 39.7 Å². The summed E-state index contributed by atoms with van der Waals surface area (Å²) in [5, 5.41) is 0.614. The van der Waals surface area contributed by atoms with Crippen molar-refractivity contribution in [1.82, 2.24) is 9.55 Å². The highest BCUT2D eigenvalue weighted by atomic mass is 79.9. The number of nitrogens with zero attached hydrogens (tertiary/aromatic N) is 1. The molecule has 3 aromatic rings. The largest absolute Gasteiger partial charge is 0.497 e. The van der Waals surface area contributed by atoms with Crippen molar-refractivity contribution >= 4 is 50.8 Å². The second-order valence-electron chi connectivity index (χ2n) is 4.24. The van der Waals surface area contributed by atoms with Crippen LogP contribution in [0.1, 0.15) is 0 Å². The van der Waals surface area contributed by atoms with Crippen LogP contribution in [0, 0.1) is 4.77 Å². The number of nitrogens with one attached hydrogen (secondary N) is 1. The zero-order valence-electron chi connectivity index (χ0n) is 10.5. The van der Waals surface area contributed by atoms with Gasteiger partial charge in [0.05, 0.1) is 28.9 Å². The van der Waals surface area contributed by atoms with E-state index in [4.69, 9.17) is 28.6 Å². The summed E-state index contributed by atoms with van der Waals surface area (Å²) in [7, 11) is 1.62. The Morgan fingerprint density at radius 3 is 2.80 bits per heavy atom. The van der Waals surface area contributed by atoms with Gasteiger partial charge in [0.1, 0.15) is 5.75 Å². The van der Waals surface area contributed by atoms with Gasteiger partial charge >= 0.3 is 0 Å². The predicted octanol–water partition coefficient (Wildman–Crippen LogP) is 5.11. The van der Waals surface area contributed by atoms with E-state index in [2.05, 4.69) is 20.9 Å². The molecule has 3 rings (SSSR count). The number of fused-ring (bicyclic) bond motifs is 1. The van der Waals surface area contributed by atoms with Crippen LogP contribution in [0.4, 0.5) is 0 Å². The molecule has 0 aliphatic rings. The second kappa shape index (κ2) is 5.24. The van der Waals surface area contributed by atoms with E-state index in [9.17, 15) is 0 Å². The van der Waals surface area contributed by atoms with Crippen LogP contribution in [0.25, 0.3) is 16.7 Å². The van der Waals surface area contributed by atoms with Gasteiger partial charge in [-0.25, -0.2) is 0 Å². The molecule has 0 saturated heterocycles. The molecule has 6 heteroatoms. The second-order valence-corrected chi connectivity index (χ2v) is 5.95. The molecule has 0 atom stereocenters. The molecule has 1 N–H and O–H groups in total. The van der Waals surface area contributed by atoms with Crippen molar-refractivity contribution in [3.63, 3.8) is 0 Å². The Balaban J connectivity index is 2.37. The molecule has 3 nitrogen and oxygen atoms in total. The average molecular weight is 370 g/mol. The van der Waals surface area contributed by atoms with Gasteiger partial charge in [0, 0.05) is 10.5 Å². The minimum absolute atomic E-state index is 0.591. The maximum atomic E-state index is 6.31. The molecular weight excluding hydrogens is 360 g/mol. The standard InChI is InChI=1S/C14H10BrClN2OS/c1-19-9-3-4-10(16)12(7-9)18-13-6-8(15)2-5-11(13)17-14(18)20/h2-7H,1H3,(H,17,20). The highest BCUT2D eigenvalue weighted by molar-refractivity contribution is 9.10. The molecule has 20 heavy (non-hydrogen) atoms. The monoisotopic (exact) mass is 368 g/mol. The number of rotatable bonds is 2. The van der Waals surface area contributed by atoms with Crippen molar-refractivity contribution in [2.45, 2.75) is 0 Å². The predicted molar refractivity (Wildman–Crippen MR) is 87.7 cm³/mol. The van der Waals surface area contributed by atoms with Crippen LogP contribution in [0.3, 0.4) is 0 Å². The molecular formula is C14H10BrClN2OS. The van der Waals surface area contributed by atoms with Gasteiger partial charge in [0.25, 0.3) is 0 Å². The number of methoxy groups -OCH3 is 1. The number of H-pyrrole nitrogens is 1. The number of hydrogen-bond acceptors (Lipinski definition) is 2. The van der Waals surface area contributed by atoms with E-state index in [1.807, 2.05) is 34.9 Å². The van der Waals surface area contributed by atoms with Crippen molar-refractivity contribution in [2.75, 3.05) is 7.11 Å². The number of hydrogen-bond donors (Lipinski definition) is 1. The SMILES string of the molecule is COc1ccc(Cl)c(-n2c(=S)[nH]c3ccc(Br)cc32)c1. The van der Waals surface area contributed by atoms with Crippen LogP contribution in [0.5, 0.6) is 5.75 Å². The Kier molecular flexibility index (Phi) is 3.58. The summed E-state index contributed by atoms with van der Waals surface area (Å²) in [6.45, 7) is 0. The first-order valence-electron chi connectivity index (χ1n) is 5.84. The highest BCUT2D eigenvalue weighted by Crippen LogP contribution is 2.30. The molecule has 0 radical (unpaired) electrons. The van der Waals surface area contributed by atoms with Crippen LogP contribution in [-0.4, -0.2) is 16.7 Å². The fourth-order valence-electron chi connectivity index (χ4n) is 2.11. The smallest absolute Gasteiger partial charge is 0.182 e. The average Bonchev–Trinajstić information content (AvgIpc) is 2.75. The Labute approximate surface area is 134 Å². The van der Waals surface area contributed by atoms with E-state index < -0.39 is 0 Å². The van der Waals surface area contributed by atoms with Gasteiger partial charge in [-0.05, 0) is 42.5 Å². The Bertz CT molecular complexity index is 856. The normalized spacial score (nSPS) is 10.9. The Morgan fingerprint density at radius 1 is 1.25 bits per heavy atom. The quantitative estimate of drug-likeness (QED) is 0.636. The third kappa shape index (κ3) is 2.26. The van der Waals surface area contributed by atoms with E-state index in [1.165, 1.54) is 0 Å². The summed E-state index contributed by atoms with van der Waals surface area (Å²) in [6, 6.07) is 11.4. The van der Waals surface area contributed by atoms with Crippen LogP contribution in [0.15, 0.2) is 40.9 Å². The number of halogens is 2. The van der Waals surface area contributed by atoms with E-state index in [1.54, 1.807) is 13.2 Å². The van der Waals surface area contributed by atoms with Crippen molar-refractivity contribution in [3.05, 3.63) is 50.7 Å². The maximum absolute atomic E-state index is 6.31. The Morgan fingerprint density at radius 2 is 2.05 bits per heavy atom. The summed E-state index contributed by atoms with van der Waals surface area (Å²) in [5.41, 5.74) is 2.71. The number of benzene rings is 2. The summed E-state index contributed by atoms with van der Waals surface area (Å²) in [4.78, 5) is 3.17. The zero-order chi connectivity index (χ0) is 14.3. The van der Waals surface area contributed by atoms with Gasteiger partial charge in [-0.1, -0.05) is 27.5 Å². The van der Waals surface area contributed by atoms with E-state index in [0.717, 1.165) is 26.9 Å². The fourth-order valence-corrected chi connectivity index (χ4v) is 2.96. The van der Waals surface area contributed by atoms with Crippen molar-refractivity contribution < 1.29 is 4.74 Å². The summed E-state index contributed by atoms with van der Waals surface area (Å²) >= 11 is 15.2. The third-order valence-electron chi connectivity index (χ3n) is 3.04. The van der Waals surface area contributed by atoms with Crippen LogP contribution in [0.2, 0.25) is 5.02 Å². The highest BCUT2D eigenvalue weighted by Gasteiger charge is 2.11. The lowest BCUT2D eigenvalue weighted by molar-refractivity contribution is 0.414. The summed E-state index contributed by atoms with van der Waals surface area (Å²) in [6.07, 6.45) is 0. The first-order chi connectivity index (χ1) is 9.60. The third-order valence-corrected chi connectivity index (χ3v) is 4.14.